The van der Waals surface area contributed by atoms with Crippen molar-refractivity contribution in [3.05, 3.63) is 51.3 Å². The third-order valence-electron chi connectivity index (χ3n) is 4.42. The molecule has 1 aromatic heterocycles. The maximum absolute atomic E-state index is 6.27. The Balaban J connectivity index is 1.64. The zero-order valence-electron chi connectivity index (χ0n) is 13.9. The largest absolute Gasteiger partial charge is 0.380 e. The number of nitrogens with one attached hydrogen (secondary N) is 1. The van der Waals surface area contributed by atoms with E-state index in [2.05, 4.69) is 46.7 Å². The van der Waals surface area contributed by atoms with Gasteiger partial charge in [-0.15, -0.1) is 10.2 Å². The summed E-state index contributed by atoms with van der Waals surface area (Å²) in [6.07, 6.45) is 3.52. The quantitative estimate of drug-likeness (QED) is 0.816. The second kappa shape index (κ2) is 7.68. The van der Waals surface area contributed by atoms with Crippen molar-refractivity contribution in [2.45, 2.75) is 45.3 Å². The average molecular weight is 366 g/mol. The van der Waals surface area contributed by atoms with Crippen molar-refractivity contribution in [3.8, 4) is 0 Å². The molecule has 128 valence electrons. The molecule has 0 spiro atoms. The zero-order chi connectivity index (χ0) is 17.1. The molecular formula is C18H21Cl2N3O. The Morgan fingerprint density at radius 3 is 2.54 bits per heavy atom. The molecular weight excluding hydrogens is 345 g/mol. The predicted molar refractivity (Wildman–Crippen MR) is 97.9 cm³/mol. The highest BCUT2D eigenvalue weighted by Crippen LogP contribution is 2.32. The van der Waals surface area contributed by atoms with Crippen molar-refractivity contribution < 1.29 is 4.74 Å². The molecule has 1 aliphatic rings. The summed E-state index contributed by atoms with van der Waals surface area (Å²) in [5.41, 5.74) is 4.05. The highest BCUT2D eigenvalue weighted by molar-refractivity contribution is 6.34. The summed E-state index contributed by atoms with van der Waals surface area (Å²) >= 11 is 12.1. The van der Waals surface area contributed by atoms with Gasteiger partial charge in [0.15, 0.2) is 10.3 Å². The highest BCUT2D eigenvalue weighted by atomic mass is 35.5. The van der Waals surface area contributed by atoms with Crippen molar-refractivity contribution in [2.24, 2.45) is 0 Å². The number of hydrogen-bond acceptors (Lipinski definition) is 4. The van der Waals surface area contributed by atoms with Gasteiger partial charge in [0, 0.05) is 12.1 Å². The van der Waals surface area contributed by atoms with E-state index in [0.717, 1.165) is 30.5 Å². The van der Waals surface area contributed by atoms with Crippen LogP contribution in [0.1, 0.15) is 42.1 Å². The fraction of sp³-hybridized carbons (Fsp3) is 0.444. The molecule has 1 aliphatic heterocycles. The van der Waals surface area contributed by atoms with E-state index >= 15 is 0 Å². The van der Waals surface area contributed by atoms with E-state index in [9.17, 15) is 0 Å². The molecule has 2 heterocycles. The third kappa shape index (κ3) is 4.00. The summed E-state index contributed by atoms with van der Waals surface area (Å²) in [7, 11) is 0. The molecule has 0 radical (unpaired) electrons. The van der Waals surface area contributed by atoms with E-state index in [4.69, 9.17) is 27.9 Å². The van der Waals surface area contributed by atoms with E-state index in [0.29, 0.717) is 16.9 Å². The molecule has 3 rings (SSSR count). The molecule has 1 aromatic carbocycles. The molecule has 4 nitrogen and oxygen atoms in total. The first kappa shape index (κ1) is 17.5. The Kier molecular flexibility index (Phi) is 5.59. The van der Waals surface area contributed by atoms with E-state index < -0.39 is 0 Å². The lowest BCUT2D eigenvalue weighted by atomic mass is 9.97. The second-order valence-corrected chi connectivity index (χ2v) is 6.97. The lowest BCUT2D eigenvalue weighted by molar-refractivity contribution is -0.0442. The molecule has 1 fully saturated rings. The SMILES string of the molecule is Cc1ccc([C@@H]2CCC[C@H](CNc3c(Cl)nnc(Cl)c3C)O2)cc1. The van der Waals surface area contributed by atoms with E-state index in [1.54, 1.807) is 0 Å². The van der Waals surface area contributed by atoms with Crippen LogP contribution in [0.2, 0.25) is 10.3 Å². The van der Waals surface area contributed by atoms with Crippen molar-refractivity contribution in [2.75, 3.05) is 11.9 Å². The number of rotatable bonds is 4. The van der Waals surface area contributed by atoms with Crippen LogP contribution in [0.5, 0.6) is 0 Å². The summed E-state index contributed by atoms with van der Waals surface area (Å²) in [5, 5.41) is 11.7. The topological polar surface area (TPSA) is 47.0 Å². The maximum atomic E-state index is 6.27. The monoisotopic (exact) mass is 365 g/mol. The first-order chi connectivity index (χ1) is 11.5. The minimum absolute atomic E-state index is 0.132. The summed E-state index contributed by atoms with van der Waals surface area (Å²) < 4.78 is 6.27. The van der Waals surface area contributed by atoms with Crippen molar-refractivity contribution in [1.29, 1.82) is 0 Å². The normalized spacial score (nSPS) is 20.8. The van der Waals surface area contributed by atoms with Gasteiger partial charge in [-0.3, -0.25) is 0 Å². The molecule has 0 amide bonds. The van der Waals surface area contributed by atoms with E-state index in [1.165, 1.54) is 11.1 Å². The molecule has 2 aromatic rings. The van der Waals surface area contributed by atoms with Gasteiger partial charge in [-0.1, -0.05) is 53.0 Å². The summed E-state index contributed by atoms with van der Waals surface area (Å²) in [5.74, 6) is 0. The molecule has 6 heteroatoms. The zero-order valence-corrected chi connectivity index (χ0v) is 15.4. The van der Waals surface area contributed by atoms with Crippen molar-refractivity contribution in [3.63, 3.8) is 0 Å². The van der Waals surface area contributed by atoms with Gasteiger partial charge < -0.3 is 10.1 Å². The Hall–Kier alpha value is -1.36. The molecule has 24 heavy (non-hydrogen) atoms. The second-order valence-electron chi connectivity index (χ2n) is 6.25. The maximum Gasteiger partial charge on any atom is 0.175 e. The number of anilines is 1. The van der Waals surface area contributed by atoms with Gasteiger partial charge in [0.25, 0.3) is 0 Å². The van der Waals surface area contributed by atoms with Crippen LogP contribution >= 0.6 is 23.2 Å². The number of aryl methyl sites for hydroxylation is 1. The molecule has 2 atom stereocenters. The lowest BCUT2D eigenvalue weighted by Crippen LogP contribution is -2.29. The number of ether oxygens (including phenoxy) is 1. The van der Waals surface area contributed by atoms with Gasteiger partial charge in [-0.25, -0.2) is 0 Å². The average Bonchev–Trinajstić information content (AvgIpc) is 2.59. The fourth-order valence-electron chi connectivity index (χ4n) is 2.97. The van der Waals surface area contributed by atoms with Crippen LogP contribution in [0.15, 0.2) is 24.3 Å². The van der Waals surface area contributed by atoms with Crippen LogP contribution in [-0.2, 0) is 4.74 Å². The van der Waals surface area contributed by atoms with Crippen LogP contribution < -0.4 is 5.32 Å². The fourth-order valence-corrected chi connectivity index (χ4v) is 3.35. The minimum atomic E-state index is 0.132. The van der Waals surface area contributed by atoms with Gasteiger partial charge in [0.05, 0.1) is 17.9 Å². The Morgan fingerprint density at radius 1 is 1.08 bits per heavy atom. The van der Waals surface area contributed by atoms with E-state index in [1.807, 2.05) is 6.92 Å². The first-order valence-corrected chi connectivity index (χ1v) is 8.94. The van der Waals surface area contributed by atoms with Crippen LogP contribution in [0.4, 0.5) is 5.69 Å². The lowest BCUT2D eigenvalue weighted by Gasteiger charge is -2.31. The summed E-state index contributed by atoms with van der Waals surface area (Å²) in [6.45, 7) is 4.64. The Morgan fingerprint density at radius 2 is 1.79 bits per heavy atom. The Labute approximate surface area is 152 Å². The van der Waals surface area contributed by atoms with Crippen molar-refractivity contribution >= 4 is 28.9 Å². The predicted octanol–water partition coefficient (Wildman–Crippen LogP) is 5.12. The van der Waals surface area contributed by atoms with Gasteiger partial charge in [-0.05, 0) is 38.7 Å². The molecule has 0 aliphatic carbocycles. The number of aromatic nitrogens is 2. The number of hydrogen-bond donors (Lipinski definition) is 1. The smallest absolute Gasteiger partial charge is 0.175 e. The molecule has 1 saturated heterocycles. The highest BCUT2D eigenvalue weighted by Gasteiger charge is 2.24. The van der Waals surface area contributed by atoms with Crippen molar-refractivity contribution in [1.82, 2.24) is 10.2 Å². The van der Waals surface area contributed by atoms with Gasteiger partial charge >= 0.3 is 0 Å². The minimum Gasteiger partial charge on any atom is -0.380 e. The summed E-state index contributed by atoms with van der Waals surface area (Å²) in [6, 6.07) is 8.58. The van der Waals surface area contributed by atoms with Gasteiger partial charge in [0.1, 0.15) is 0 Å². The molecule has 0 unspecified atom stereocenters. The van der Waals surface area contributed by atoms with E-state index in [-0.39, 0.29) is 12.2 Å². The molecule has 0 bridgehead atoms. The van der Waals surface area contributed by atoms with Gasteiger partial charge in [0.2, 0.25) is 0 Å². The third-order valence-corrected chi connectivity index (χ3v) is 5.04. The van der Waals surface area contributed by atoms with Crippen LogP contribution in [0, 0.1) is 13.8 Å². The number of halogens is 2. The van der Waals surface area contributed by atoms with Crippen LogP contribution in [0.3, 0.4) is 0 Å². The standard InChI is InChI=1S/C18H21Cl2N3O/c1-11-6-8-13(9-7-11)15-5-3-4-14(24-15)10-21-16-12(2)17(19)22-23-18(16)20/h6-9,14-15H,3-5,10H2,1-2H3,(H,21,22)/t14-,15+/m1/s1. The number of nitrogens with zero attached hydrogens (tertiary/aromatic N) is 2. The first-order valence-electron chi connectivity index (χ1n) is 8.18. The van der Waals surface area contributed by atoms with Crippen LogP contribution in [0.25, 0.3) is 0 Å². The molecule has 0 saturated carbocycles. The van der Waals surface area contributed by atoms with Gasteiger partial charge in [-0.2, -0.15) is 0 Å². The number of benzene rings is 1. The summed E-state index contributed by atoms with van der Waals surface area (Å²) in [4.78, 5) is 0. The Bertz CT molecular complexity index is 706. The molecule has 1 N–H and O–H groups in total. The van der Waals surface area contributed by atoms with Crippen LogP contribution in [-0.4, -0.2) is 22.8 Å².